The van der Waals surface area contributed by atoms with Crippen molar-refractivity contribution in [3.63, 3.8) is 0 Å². The molecule has 166 valence electrons. The van der Waals surface area contributed by atoms with Crippen molar-refractivity contribution in [2.24, 2.45) is 10.9 Å². The van der Waals surface area contributed by atoms with Gasteiger partial charge in [-0.15, -0.1) is 0 Å². The van der Waals surface area contributed by atoms with E-state index in [4.69, 9.17) is 4.74 Å². The molecule has 0 amide bonds. The highest BCUT2D eigenvalue weighted by molar-refractivity contribution is 6.05. The Hall–Kier alpha value is -4.07. The average molecular weight is 441 g/mol. The third kappa shape index (κ3) is 3.73. The van der Waals surface area contributed by atoms with Crippen LogP contribution in [-0.2, 0) is 16.1 Å². The second kappa shape index (κ2) is 8.46. The van der Waals surface area contributed by atoms with Gasteiger partial charge in [-0.05, 0) is 39.9 Å². The van der Waals surface area contributed by atoms with E-state index in [9.17, 15) is 4.79 Å². The molecule has 1 aromatic heterocycles. The number of fused-ring (bicyclic) bond motifs is 2. The minimum atomic E-state index is -0.654. The molecule has 0 fully saturated rings. The number of esters is 1. The van der Waals surface area contributed by atoms with Crippen LogP contribution in [0.4, 0.5) is 11.6 Å². The van der Waals surface area contributed by atoms with Crippen LogP contribution in [0.3, 0.4) is 0 Å². The second-order valence-electron chi connectivity index (χ2n) is 8.31. The summed E-state index contributed by atoms with van der Waals surface area (Å²) in [5, 5.41) is 14.2. The standard InChI is InChI=1S/C25H24N6O2/c1-16-22(24(32)33-15-17-9-5-4-6-10-17)23(31-25(26-16)27-28-29-31)20-13-14-21(30(2)3)19-12-8-7-11-18(19)20/h4-14,22-23H,15H2,1-3H3. The molecule has 1 aliphatic rings. The molecule has 2 unspecified atom stereocenters. The van der Waals surface area contributed by atoms with E-state index in [1.807, 2.05) is 69.6 Å². The predicted octanol–water partition coefficient (Wildman–Crippen LogP) is 3.95. The number of rotatable bonds is 5. The summed E-state index contributed by atoms with van der Waals surface area (Å²) in [7, 11) is 4.03. The van der Waals surface area contributed by atoms with E-state index in [0.29, 0.717) is 11.7 Å². The summed E-state index contributed by atoms with van der Waals surface area (Å²) in [6.07, 6.45) is 0. The first-order valence-electron chi connectivity index (χ1n) is 10.8. The maximum Gasteiger partial charge on any atom is 0.317 e. The Kier molecular flexibility index (Phi) is 5.34. The van der Waals surface area contributed by atoms with Crippen molar-refractivity contribution in [3.05, 3.63) is 77.9 Å². The summed E-state index contributed by atoms with van der Waals surface area (Å²) in [4.78, 5) is 20.0. The molecule has 2 heterocycles. The van der Waals surface area contributed by atoms with Crippen LogP contribution in [0.15, 0.2) is 71.7 Å². The Morgan fingerprint density at radius 1 is 1.00 bits per heavy atom. The predicted molar refractivity (Wildman–Crippen MR) is 127 cm³/mol. The Bertz CT molecular complexity index is 1350. The van der Waals surface area contributed by atoms with E-state index in [1.165, 1.54) is 0 Å². The molecule has 4 aromatic rings. The summed E-state index contributed by atoms with van der Waals surface area (Å²) >= 11 is 0. The summed E-state index contributed by atoms with van der Waals surface area (Å²) in [5.41, 5.74) is 3.59. The van der Waals surface area contributed by atoms with Crippen LogP contribution in [0.1, 0.15) is 24.1 Å². The molecule has 1 aliphatic heterocycles. The fraction of sp³-hybridized carbons (Fsp3) is 0.240. The SMILES string of the molecule is CC1=Nc2nnnn2C(c2ccc(N(C)C)c3ccccc23)C1C(=O)OCc1ccccc1. The van der Waals surface area contributed by atoms with Crippen LogP contribution in [0.25, 0.3) is 10.8 Å². The molecular weight excluding hydrogens is 416 g/mol. The third-order valence-electron chi connectivity index (χ3n) is 5.99. The summed E-state index contributed by atoms with van der Waals surface area (Å²) in [6.45, 7) is 2.02. The molecule has 2 atom stereocenters. The maximum absolute atomic E-state index is 13.4. The number of carbonyl (C=O) groups is 1. The fourth-order valence-electron chi connectivity index (χ4n) is 4.42. The molecule has 33 heavy (non-hydrogen) atoms. The third-order valence-corrected chi connectivity index (χ3v) is 5.99. The second-order valence-corrected chi connectivity index (χ2v) is 8.31. The van der Waals surface area contributed by atoms with Gasteiger partial charge in [0.2, 0.25) is 0 Å². The Labute approximate surface area is 191 Å². The van der Waals surface area contributed by atoms with Crippen LogP contribution in [0.2, 0.25) is 0 Å². The lowest BCUT2D eigenvalue weighted by atomic mass is 9.85. The Morgan fingerprint density at radius 3 is 2.48 bits per heavy atom. The number of benzene rings is 3. The molecule has 0 N–H and O–H groups in total. The fourth-order valence-corrected chi connectivity index (χ4v) is 4.42. The first-order valence-corrected chi connectivity index (χ1v) is 10.8. The van der Waals surface area contributed by atoms with Crippen LogP contribution >= 0.6 is 0 Å². The maximum atomic E-state index is 13.4. The van der Waals surface area contributed by atoms with Gasteiger partial charge in [-0.25, -0.2) is 9.67 Å². The summed E-state index contributed by atoms with van der Waals surface area (Å²) < 4.78 is 7.37. The molecule has 0 radical (unpaired) electrons. The molecule has 0 saturated heterocycles. The van der Waals surface area contributed by atoms with Crippen molar-refractivity contribution in [2.75, 3.05) is 19.0 Å². The van der Waals surface area contributed by atoms with Crippen molar-refractivity contribution in [1.82, 2.24) is 20.2 Å². The van der Waals surface area contributed by atoms with Crippen molar-refractivity contribution in [2.45, 2.75) is 19.6 Å². The quantitative estimate of drug-likeness (QED) is 0.437. The van der Waals surface area contributed by atoms with E-state index < -0.39 is 12.0 Å². The normalized spacial score (nSPS) is 17.4. The number of aliphatic imine (C=N–C) groups is 1. The van der Waals surface area contributed by atoms with Crippen LogP contribution in [0, 0.1) is 5.92 Å². The number of carbonyl (C=O) groups excluding carboxylic acids is 1. The van der Waals surface area contributed by atoms with E-state index in [0.717, 1.165) is 27.6 Å². The molecule has 0 spiro atoms. The van der Waals surface area contributed by atoms with Crippen LogP contribution < -0.4 is 4.90 Å². The molecule has 5 rings (SSSR count). The van der Waals surface area contributed by atoms with Gasteiger partial charge >= 0.3 is 5.97 Å². The van der Waals surface area contributed by atoms with Gasteiger partial charge in [-0.1, -0.05) is 65.8 Å². The lowest BCUT2D eigenvalue weighted by Crippen LogP contribution is -2.37. The number of nitrogens with zero attached hydrogens (tertiary/aromatic N) is 6. The van der Waals surface area contributed by atoms with Gasteiger partial charge in [0, 0.05) is 30.9 Å². The highest BCUT2D eigenvalue weighted by Crippen LogP contribution is 2.40. The van der Waals surface area contributed by atoms with Gasteiger partial charge < -0.3 is 9.64 Å². The molecule has 0 bridgehead atoms. The first-order chi connectivity index (χ1) is 16.0. The highest BCUT2D eigenvalue weighted by Gasteiger charge is 2.41. The van der Waals surface area contributed by atoms with Crippen LogP contribution in [0.5, 0.6) is 0 Å². The zero-order valence-electron chi connectivity index (χ0n) is 18.7. The first kappa shape index (κ1) is 20.8. The number of hydrogen-bond acceptors (Lipinski definition) is 7. The number of hydrogen-bond donors (Lipinski definition) is 0. The zero-order valence-corrected chi connectivity index (χ0v) is 18.7. The van der Waals surface area contributed by atoms with E-state index >= 15 is 0 Å². The Balaban J connectivity index is 1.60. The van der Waals surface area contributed by atoms with Gasteiger partial charge in [0.1, 0.15) is 18.6 Å². The number of anilines is 1. The highest BCUT2D eigenvalue weighted by atomic mass is 16.5. The van der Waals surface area contributed by atoms with Gasteiger partial charge in [0.15, 0.2) is 0 Å². The summed E-state index contributed by atoms with van der Waals surface area (Å²) in [6, 6.07) is 21.4. The molecule has 0 saturated carbocycles. The average Bonchev–Trinajstić information content (AvgIpc) is 3.29. The van der Waals surface area contributed by atoms with E-state index in [1.54, 1.807) is 4.68 Å². The van der Waals surface area contributed by atoms with Crippen LogP contribution in [-0.4, -0.2) is 46.0 Å². The van der Waals surface area contributed by atoms with Gasteiger partial charge in [-0.2, -0.15) is 0 Å². The Morgan fingerprint density at radius 2 is 1.73 bits per heavy atom. The summed E-state index contributed by atoms with van der Waals surface area (Å²) in [5.74, 6) is -0.629. The monoisotopic (exact) mass is 440 g/mol. The van der Waals surface area contributed by atoms with Gasteiger partial charge in [0.05, 0.1) is 0 Å². The largest absolute Gasteiger partial charge is 0.460 e. The lowest BCUT2D eigenvalue weighted by molar-refractivity contribution is -0.148. The minimum absolute atomic E-state index is 0.193. The smallest absolute Gasteiger partial charge is 0.317 e. The van der Waals surface area contributed by atoms with Crippen molar-refractivity contribution < 1.29 is 9.53 Å². The number of aromatic nitrogens is 4. The van der Waals surface area contributed by atoms with Gasteiger partial charge in [0.25, 0.3) is 5.95 Å². The molecular formula is C25H24N6O2. The molecule has 8 nitrogen and oxygen atoms in total. The molecule has 0 aliphatic carbocycles. The minimum Gasteiger partial charge on any atom is -0.460 e. The molecule has 3 aromatic carbocycles. The lowest BCUT2D eigenvalue weighted by Gasteiger charge is -2.30. The van der Waals surface area contributed by atoms with Crippen molar-refractivity contribution in [3.8, 4) is 0 Å². The van der Waals surface area contributed by atoms with Crippen molar-refractivity contribution >= 4 is 34.1 Å². The van der Waals surface area contributed by atoms with E-state index in [2.05, 4.69) is 43.6 Å². The number of ether oxygens (including phenoxy) is 1. The van der Waals surface area contributed by atoms with Gasteiger partial charge in [-0.3, -0.25) is 4.79 Å². The van der Waals surface area contributed by atoms with Crippen molar-refractivity contribution in [1.29, 1.82) is 0 Å². The topological polar surface area (TPSA) is 85.5 Å². The zero-order chi connectivity index (χ0) is 22.9. The molecule has 8 heteroatoms. The van der Waals surface area contributed by atoms with E-state index in [-0.39, 0.29) is 12.6 Å². The number of tetrazole rings is 1.